The van der Waals surface area contributed by atoms with Gasteiger partial charge in [-0.2, -0.15) is 9.61 Å². The number of anilines is 1. The molecule has 0 bridgehead atoms. The molecule has 0 radical (unpaired) electrons. The number of piperidine rings is 1. The molecule has 1 N–H and O–H groups in total. The van der Waals surface area contributed by atoms with Gasteiger partial charge < -0.3 is 10.2 Å². The molecule has 0 unspecified atom stereocenters. The van der Waals surface area contributed by atoms with Crippen LogP contribution in [0.4, 0.5) is 5.82 Å². The van der Waals surface area contributed by atoms with Crippen molar-refractivity contribution in [3.63, 3.8) is 0 Å². The fourth-order valence-electron chi connectivity index (χ4n) is 5.15. The van der Waals surface area contributed by atoms with E-state index in [1.165, 1.54) is 5.56 Å². The number of halogens is 1. The van der Waals surface area contributed by atoms with Crippen LogP contribution >= 0.6 is 15.9 Å². The minimum Gasteiger partial charge on any atom is -0.366 e. The van der Waals surface area contributed by atoms with Crippen LogP contribution in [0.2, 0.25) is 0 Å². The third kappa shape index (κ3) is 4.55. The molecule has 7 nitrogen and oxygen atoms in total. The van der Waals surface area contributed by atoms with Gasteiger partial charge in [-0.3, -0.25) is 9.78 Å². The van der Waals surface area contributed by atoms with E-state index in [-0.39, 0.29) is 5.92 Å². The second-order valence-electron chi connectivity index (χ2n) is 9.47. The molecule has 2 fully saturated rings. The van der Waals surface area contributed by atoms with Crippen LogP contribution in [0.15, 0.2) is 71.6 Å². The maximum absolute atomic E-state index is 13.1. The molecule has 6 rings (SSSR count). The Morgan fingerprint density at radius 1 is 1.09 bits per heavy atom. The number of fused-ring (bicyclic) bond motifs is 1. The van der Waals surface area contributed by atoms with Gasteiger partial charge in [0.05, 0.1) is 10.7 Å². The number of benzene rings is 1. The third-order valence-electron chi connectivity index (χ3n) is 7.21. The molecular formula is C27H27BrN6O. The Kier molecular flexibility index (Phi) is 5.98. The van der Waals surface area contributed by atoms with E-state index in [1.807, 2.05) is 28.9 Å². The van der Waals surface area contributed by atoms with Crippen molar-refractivity contribution in [2.24, 2.45) is 5.92 Å². The summed E-state index contributed by atoms with van der Waals surface area (Å²) in [6.07, 6.45) is 8.24. The molecule has 3 aromatic heterocycles. The number of carbonyl (C=O) groups is 1. The van der Waals surface area contributed by atoms with Gasteiger partial charge in [-0.1, -0.05) is 36.4 Å². The zero-order chi connectivity index (χ0) is 23.8. The third-order valence-corrected chi connectivity index (χ3v) is 7.76. The highest BCUT2D eigenvalue weighted by molar-refractivity contribution is 9.10. The van der Waals surface area contributed by atoms with Crippen molar-refractivity contribution < 1.29 is 4.79 Å². The predicted molar refractivity (Wildman–Crippen MR) is 138 cm³/mol. The van der Waals surface area contributed by atoms with Crippen LogP contribution in [0.1, 0.15) is 47.9 Å². The molecule has 178 valence electrons. The van der Waals surface area contributed by atoms with Crippen molar-refractivity contribution >= 4 is 33.3 Å². The van der Waals surface area contributed by atoms with E-state index < -0.39 is 0 Å². The summed E-state index contributed by atoms with van der Waals surface area (Å²) in [5.41, 5.74) is 4.24. The van der Waals surface area contributed by atoms with Crippen molar-refractivity contribution in [2.75, 3.05) is 18.4 Å². The maximum Gasteiger partial charge on any atom is 0.226 e. The Morgan fingerprint density at radius 2 is 1.91 bits per heavy atom. The Bertz CT molecular complexity index is 1330. The molecule has 1 aliphatic carbocycles. The molecule has 1 aromatic carbocycles. The number of carbonyl (C=O) groups excluding carboxylic acids is 1. The zero-order valence-electron chi connectivity index (χ0n) is 19.3. The Hall–Kier alpha value is -3.26. The summed E-state index contributed by atoms with van der Waals surface area (Å²) in [5, 5.41) is 7.99. The first-order valence-electron chi connectivity index (χ1n) is 12.2. The number of likely N-dealkylation sites (tertiary alicyclic amines) is 1. The molecular weight excluding hydrogens is 504 g/mol. The van der Waals surface area contributed by atoms with Crippen LogP contribution in [0.3, 0.4) is 0 Å². The Balaban J connectivity index is 1.14. The fourth-order valence-corrected chi connectivity index (χ4v) is 5.50. The highest BCUT2D eigenvalue weighted by Crippen LogP contribution is 2.48. The fraction of sp³-hybridized carbons (Fsp3) is 0.333. The van der Waals surface area contributed by atoms with Crippen molar-refractivity contribution in [3.8, 4) is 0 Å². The summed E-state index contributed by atoms with van der Waals surface area (Å²) >= 11 is 3.60. The molecule has 2 atom stereocenters. The van der Waals surface area contributed by atoms with E-state index in [4.69, 9.17) is 4.98 Å². The lowest BCUT2D eigenvalue weighted by Gasteiger charge is -2.32. The van der Waals surface area contributed by atoms with E-state index in [0.717, 1.165) is 59.5 Å². The van der Waals surface area contributed by atoms with Crippen LogP contribution in [-0.2, 0) is 11.3 Å². The lowest BCUT2D eigenvalue weighted by atomic mass is 9.92. The predicted octanol–water partition coefficient (Wildman–Crippen LogP) is 5.01. The highest BCUT2D eigenvalue weighted by Gasteiger charge is 2.46. The molecule has 1 amide bonds. The van der Waals surface area contributed by atoms with Crippen LogP contribution in [0.25, 0.3) is 5.65 Å². The quantitative estimate of drug-likeness (QED) is 0.379. The average Bonchev–Trinajstić information content (AvgIpc) is 3.64. The minimum atomic E-state index is 0.148. The summed E-state index contributed by atoms with van der Waals surface area (Å²) in [7, 11) is 0. The van der Waals surface area contributed by atoms with Gasteiger partial charge in [0, 0.05) is 55.6 Å². The van der Waals surface area contributed by atoms with Crippen LogP contribution < -0.4 is 5.32 Å². The standard InChI is InChI=1S/C27H27BrN6O/c28-23-17-31-34-25(30-16-18-5-4-10-29-15-18)14-24(32-26(23)34)20-8-11-33(12-9-20)27(35)22-13-21(22)19-6-2-1-3-7-19/h1-7,10,14-15,17,20-22,30H,8-9,11-13,16H2/t21-,22+/m0/s1. The van der Waals surface area contributed by atoms with Gasteiger partial charge in [0.2, 0.25) is 5.91 Å². The summed E-state index contributed by atoms with van der Waals surface area (Å²) in [6.45, 7) is 2.22. The maximum atomic E-state index is 13.1. The smallest absolute Gasteiger partial charge is 0.226 e. The normalized spacial score (nSPS) is 20.2. The van der Waals surface area contributed by atoms with Gasteiger partial charge in [-0.05, 0) is 58.3 Å². The number of aromatic nitrogens is 4. The number of hydrogen-bond donors (Lipinski definition) is 1. The lowest BCUT2D eigenvalue weighted by Crippen LogP contribution is -2.39. The number of pyridine rings is 1. The largest absolute Gasteiger partial charge is 0.366 e. The second-order valence-corrected chi connectivity index (χ2v) is 10.3. The SMILES string of the molecule is O=C([C@@H]1C[C@H]1c1ccccc1)N1CCC(c2cc(NCc3cccnc3)n3ncc(Br)c3n2)CC1. The summed E-state index contributed by atoms with van der Waals surface area (Å²) in [6, 6.07) is 16.5. The molecule has 4 heterocycles. The van der Waals surface area contributed by atoms with Crippen LogP contribution in [0, 0.1) is 5.92 Å². The number of amides is 1. The molecule has 1 aliphatic heterocycles. The number of nitrogens with one attached hydrogen (secondary N) is 1. The van der Waals surface area contributed by atoms with E-state index in [0.29, 0.717) is 24.3 Å². The molecule has 1 saturated carbocycles. The van der Waals surface area contributed by atoms with Gasteiger partial charge >= 0.3 is 0 Å². The molecule has 8 heteroatoms. The minimum absolute atomic E-state index is 0.148. The first kappa shape index (κ1) is 22.2. The topological polar surface area (TPSA) is 75.4 Å². The number of nitrogens with zero attached hydrogens (tertiary/aromatic N) is 5. The van der Waals surface area contributed by atoms with Crippen molar-refractivity contribution in [2.45, 2.75) is 37.6 Å². The average molecular weight is 531 g/mol. The van der Waals surface area contributed by atoms with Crippen molar-refractivity contribution in [1.29, 1.82) is 0 Å². The van der Waals surface area contributed by atoms with Crippen molar-refractivity contribution in [1.82, 2.24) is 24.5 Å². The van der Waals surface area contributed by atoms with Crippen molar-refractivity contribution in [3.05, 3.63) is 88.4 Å². The molecule has 1 saturated heterocycles. The van der Waals surface area contributed by atoms with Gasteiger partial charge in [-0.15, -0.1) is 0 Å². The van der Waals surface area contributed by atoms with Gasteiger partial charge in [0.15, 0.2) is 5.65 Å². The summed E-state index contributed by atoms with van der Waals surface area (Å²) in [5.74, 6) is 2.07. The molecule has 35 heavy (non-hydrogen) atoms. The monoisotopic (exact) mass is 530 g/mol. The number of hydrogen-bond acceptors (Lipinski definition) is 5. The Morgan fingerprint density at radius 3 is 2.69 bits per heavy atom. The Labute approximate surface area is 212 Å². The van der Waals surface area contributed by atoms with Gasteiger partial charge in [0.25, 0.3) is 0 Å². The second kappa shape index (κ2) is 9.41. The van der Waals surface area contributed by atoms with Crippen LogP contribution in [-0.4, -0.2) is 43.5 Å². The van der Waals surface area contributed by atoms with E-state index in [2.05, 4.69) is 66.6 Å². The number of rotatable bonds is 6. The lowest BCUT2D eigenvalue weighted by molar-refractivity contribution is -0.133. The van der Waals surface area contributed by atoms with Gasteiger partial charge in [0.1, 0.15) is 5.82 Å². The van der Waals surface area contributed by atoms with E-state index >= 15 is 0 Å². The zero-order valence-corrected chi connectivity index (χ0v) is 20.9. The van der Waals surface area contributed by atoms with E-state index in [9.17, 15) is 4.79 Å². The summed E-state index contributed by atoms with van der Waals surface area (Å²) in [4.78, 5) is 24.3. The first-order chi connectivity index (χ1) is 17.2. The molecule has 2 aliphatic rings. The van der Waals surface area contributed by atoms with Gasteiger partial charge in [-0.25, -0.2) is 4.98 Å². The first-order valence-corrected chi connectivity index (χ1v) is 13.0. The van der Waals surface area contributed by atoms with E-state index in [1.54, 1.807) is 12.4 Å². The molecule has 4 aromatic rings. The summed E-state index contributed by atoms with van der Waals surface area (Å²) < 4.78 is 2.71. The van der Waals surface area contributed by atoms with Crippen LogP contribution in [0.5, 0.6) is 0 Å². The highest BCUT2D eigenvalue weighted by atomic mass is 79.9. The molecule has 0 spiro atoms.